The van der Waals surface area contributed by atoms with Crippen LogP contribution < -0.4 is 14.9 Å². The van der Waals surface area contributed by atoms with Crippen molar-refractivity contribution in [3.05, 3.63) is 45.1 Å². The number of rotatable bonds is 32. The number of unbranched alkanes of at least 4 members (excludes halogenated alkanes) is 8. The summed E-state index contributed by atoms with van der Waals surface area (Å²) in [4.78, 5) is 98.3. The molecule has 72 heavy (non-hydrogen) atoms. The highest BCUT2D eigenvalue weighted by Gasteiger charge is 2.55. The van der Waals surface area contributed by atoms with Crippen LogP contribution in [0.2, 0.25) is 0 Å². The number of fused-ring (bicyclic) bond motifs is 2. The molecule has 0 amide bonds. The molecule has 1 aromatic heterocycles. The summed E-state index contributed by atoms with van der Waals surface area (Å²) in [6.07, 6.45) is 3.77. The Hall–Kier alpha value is -5.31. The van der Waals surface area contributed by atoms with Gasteiger partial charge in [0, 0.05) is 44.6 Å². The molecule has 0 N–H and O–H groups in total. The first-order valence-corrected chi connectivity index (χ1v) is 27.2. The van der Waals surface area contributed by atoms with Gasteiger partial charge in [0.15, 0.2) is 24.1 Å². The van der Waals surface area contributed by atoms with Gasteiger partial charge in [0.2, 0.25) is 5.43 Å². The lowest BCUT2D eigenvalue weighted by molar-refractivity contribution is -0.256. The Morgan fingerprint density at radius 3 is 1.44 bits per heavy atom. The molecule has 2 heterocycles. The minimum absolute atomic E-state index is 0.0126. The van der Waals surface area contributed by atoms with E-state index in [4.69, 9.17) is 37.6 Å². The maximum atomic E-state index is 15.4. The molecule has 0 spiro atoms. The monoisotopic (exact) mass is 1010 g/mol. The van der Waals surface area contributed by atoms with Gasteiger partial charge in [0.05, 0.1) is 10.9 Å². The van der Waals surface area contributed by atoms with E-state index in [2.05, 4.69) is 13.8 Å². The molecule has 1 aliphatic heterocycles. The lowest BCUT2D eigenvalue weighted by Crippen LogP contribution is -2.60. The van der Waals surface area contributed by atoms with Crippen LogP contribution in [0.25, 0.3) is 21.9 Å². The topological polar surface area (TPSA) is 197 Å². The van der Waals surface area contributed by atoms with Crippen molar-refractivity contribution in [2.75, 3.05) is 6.61 Å². The van der Waals surface area contributed by atoms with E-state index in [9.17, 15) is 28.8 Å². The highest BCUT2D eigenvalue weighted by Crippen LogP contribution is 2.48. The van der Waals surface area contributed by atoms with Crippen molar-refractivity contribution in [1.29, 1.82) is 0 Å². The Morgan fingerprint density at radius 1 is 0.486 bits per heavy atom. The molecule has 400 valence electrons. The molecule has 1 saturated heterocycles. The fourth-order valence-electron chi connectivity index (χ4n) is 8.60. The average Bonchev–Trinajstić information content (AvgIpc) is 3.36. The van der Waals surface area contributed by atoms with Crippen molar-refractivity contribution in [2.45, 2.75) is 240 Å². The Morgan fingerprint density at radius 2 is 0.931 bits per heavy atom. The van der Waals surface area contributed by atoms with E-state index in [0.717, 1.165) is 43.2 Å². The molecule has 0 radical (unpaired) electrons. The van der Waals surface area contributed by atoms with Gasteiger partial charge in [0.25, 0.3) is 0 Å². The van der Waals surface area contributed by atoms with E-state index in [-0.39, 0.29) is 77.5 Å². The molecule has 0 aliphatic carbocycles. The van der Waals surface area contributed by atoms with Gasteiger partial charge in [-0.15, -0.1) is 0 Å². The average molecular weight is 1010 g/mol. The number of hydrogen-bond acceptors (Lipinski definition) is 15. The quantitative estimate of drug-likeness (QED) is 0.0247. The predicted molar refractivity (Wildman–Crippen MR) is 274 cm³/mol. The molecule has 4 rings (SSSR count). The zero-order valence-electron chi connectivity index (χ0n) is 44.4. The van der Waals surface area contributed by atoms with Gasteiger partial charge in [-0.3, -0.25) is 33.6 Å². The summed E-state index contributed by atoms with van der Waals surface area (Å²) < 4.78 is 50.6. The summed E-state index contributed by atoms with van der Waals surface area (Å²) in [5.41, 5.74) is 1.51. The van der Waals surface area contributed by atoms with Crippen LogP contribution in [0.3, 0.4) is 0 Å². The molecule has 0 unspecified atom stereocenters. The maximum absolute atomic E-state index is 15.4. The smallest absolute Gasteiger partial charge is 0.311 e. The highest BCUT2D eigenvalue weighted by atomic mass is 16.7. The van der Waals surface area contributed by atoms with Gasteiger partial charge in [-0.25, -0.2) is 0 Å². The van der Waals surface area contributed by atoms with Crippen molar-refractivity contribution in [1.82, 2.24) is 0 Å². The van der Waals surface area contributed by atoms with Crippen molar-refractivity contribution in [3.8, 4) is 11.5 Å². The van der Waals surface area contributed by atoms with Gasteiger partial charge in [0.1, 0.15) is 41.1 Å². The normalized spacial score (nSPS) is 17.6. The zero-order valence-corrected chi connectivity index (χ0v) is 44.4. The number of benzene rings is 2. The summed E-state index contributed by atoms with van der Waals surface area (Å²) in [5, 5.41) is 0.0503. The molecule has 2 aromatic carbocycles. The predicted octanol–water partition coefficient (Wildman–Crippen LogP) is 12.3. The van der Waals surface area contributed by atoms with Crippen molar-refractivity contribution < 1.29 is 66.3 Å². The van der Waals surface area contributed by atoms with Gasteiger partial charge in [-0.2, -0.15) is 0 Å². The third-order valence-corrected chi connectivity index (χ3v) is 12.8. The SMILES string of the molecule is CCCCC(=O)OC[C@H]1O[C@@H](c2c(OC(=O)CCCC)cc3oc4cc(CCCC)c(CCCC)cc4c(=O)c3c2OC(=O)CCCC)[C@H](OC(=O)CCCC)[C@@H](OC(=O)CCCC)[C@@H]1OC(=O)CCCC. The van der Waals surface area contributed by atoms with Crippen LogP contribution in [-0.2, 0) is 65.3 Å². The van der Waals surface area contributed by atoms with Crippen LogP contribution in [-0.4, -0.2) is 66.8 Å². The number of esters is 6. The first kappa shape index (κ1) is 59.3. The van der Waals surface area contributed by atoms with Gasteiger partial charge in [-0.1, -0.05) is 107 Å². The summed E-state index contributed by atoms with van der Waals surface area (Å²) >= 11 is 0. The first-order valence-electron chi connectivity index (χ1n) is 27.2. The molecular weight excluding hydrogens is 925 g/mol. The molecule has 0 bridgehead atoms. The molecule has 1 fully saturated rings. The van der Waals surface area contributed by atoms with Crippen LogP contribution in [0.15, 0.2) is 27.4 Å². The number of carbonyl (C=O) groups is 6. The number of carbonyl (C=O) groups excluding carboxylic acids is 6. The zero-order chi connectivity index (χ0) is 52.6. The lowest BCUT2D eigenvalue weighted by Gasteiger charge is -2.45. The van der Waals surface area contributed by atoms with Gasteiger partial charge in [-0.05, 0) is 87.5 Å². The van der Waals surface area contributed by atoms with E-state index in [1.165, 1.54) is 6.07 Å². The van der Waals surface area contributed by atoms with Crippen molar-refractivity contribution in [2.24, 2.45) is 0 Å². The Balaban J connectivity index is 2.22. The van der Waals surface area contributed by atoms with Crippen LogP contribution in [0.5, 0.6) is 11.5 Å². The second kappa shape index (κ2) is 31.3. The first-order chi connectivity index (χ1) is 34.8. The maximum Gasteiger partial charge on any atom is 0.311 e. The van der Waals surface area contributed by atoms with Gasteiger partial charge >= 0.3 is 35.8 Å². The minimum Gasteiger partial charge on any atom is -0.463 e. The summed E-state index contributed by atoms with van der Waals surface area (Å²) in [6.45, 7) is 15.1. The summed E-state index contributed by atoms with van der Waals surface area (Å²) in [7, 11) is 0. The van der Waals surface area contributed by atoms with Crippen molar-refractivity contribution >= 4 is 57.8 Å². The molecule has 3 aromatic rings. The summed E-state index contributed by atoms with van der Waals surface area (Å²) in [5.74, 6) is -4.69. The molecule has 5 atom stereocenters. The van der Waals surface area contributed by atoms with E-state index in [1.54, 1.807) is 0 Å². The molecule has 1 aliphatic rings. The fourth-order valence-corrected chi connectivity index (χ4v) is 8.60. The number of aryl methyl sites for hydroxylation is 2. The Bertz CT molecular complexity index is 2310. The third kappa shape index (κ3) is 17.2. The lowest BCUT2D eigenvalue weighted by atomic mass is 9.88. The molecule has 15 heteroatoms. The van der Waals surface area contributed by atoms with E-state index in [0.29, 0.717) is 83.5 Å². The van der Waals surface area contributed by atoms with Crippen LogP contribution in [0.4, 0.5) is 0 Å². The van der Waals surface area contributed by atoms with Crippen LogP contribution >= 0.6 is 0 Å². The number of ether oxygens (including phenoxy) is 7. The largest absolute Gasteiger partial charge is 0.463 e. The van der Waals surface area contributed by atoms with E-state index in [1.807, 2.05) is 53.7 Å². The Kier molecular flexibility index (Phi) is 25.8. The molecule has 15 nitrogen and oxygen atoms in total. The third-order valence-electron chi connectivity index (χ3n) is 12.8. The molecular formula is C57H82O15. The molecule has 0 saturated carbocycles. The standard InChI is InChI=1S/C57H82O15/c1-9-17-25-37-33-39-40(34-38(37)26-18-10-2)66-41-35-42(67-45(59)28-20-12-4)51(54(50(41)52(39)64)70-47(61)30-22-14-6)55-57(72-49(63)32-24-16-8)56(71-48(62)31-23-15-7)53(69-46(60)29-21-13-5)43(68-55)36-65-44(58)27-19-11-3/h33-35,43,53,55-57H,9-32,36H2,1-8H3/t43-,53-,55+,56+,57+/m1/s1. The second-order valence-electron chi connectivity index (χ2n) is 19.0. The number of hydrogen-bond donors (Lipinski definition) is 0. The van der Waals surface area contributed by atoms with E-state index < -0.39 is 78.4 Å². The van der Waals surface area contributed by atoms with E-state index >= 15 is 4.79 Å². The highest BCUT2D eigenvalue weighted by molar-refractivity contribution is 5.97. The van der Waals surface area contributed by atoms with Crippen molar-refractivity contribution in [3.63, 3.8) is 0 Å². The second-order valence-corrected chi connectivity index (χ2v) is 19.0. The van der Waals surface area contributed by atoms with Crippen LogP contribution in [0.1, 0.15) is 219 Å². The Labute approximate surface area is 426 Å². The summed E-state index contributed by atoms with van der Waals surface area (Å²) in [6, 6.07) is 5.09. The van der Waals surface area contributed by atoms with Gasteiger partial charge < -0.3 is 37.6 Å². The fraction of sp³-hybridized carbons (Fsp3) is 0.667. The van der Waals surface area contributed by atoms with Crippen LogP contribution in [0, 0.1) is 0 Å². The minimum atomic E-state index is -1.69.